The van der Waals surface area contributed by atoms with E-state index >= 15 is 0 Å². The normalized spacial score (nSPS) is 12.8. The average molecular weight is 282 g/mol. The van der Waals surface area contributed by atoms with Crippen molar-refractivity contribution in [3.63, 3.8) is 0 Å². The third kappa shape index (κ3) is 3.91. The van der Waals surface area contributed by atoms with E-state index in [4.69, 9.17) is 14.2 Å². The Morgan fingerprint density at radius 2 is 1.85 bits per heavy atom. The molecule has 0 saturated carbocycles. The highest BCUT2D eigenvalue weighted by molar-refractivity contribution is 5.41. The summed E-state index contributed by atoms with van der Waals surface area (Å²) in [5.41, 5.74) is 3.11. The van der Waals surface area contributed by atoms with Gasteiger partial charge in [-0.2, -0.15) is 0 Å². The number of aromatic nitrogens is 1. The molecule has 0 aliphatic carbocycles. The summed E-state index contributed by atoms with van der Waals surface area (Å²) in [5.74, 6) is 0.900. The maximum atomic E-state index is 5.45. The Labute approximate surface area is 121 Å². The molecule has 1 aromatic heterocycles. The van der Waals surface area contributed by atoms with Gasteiger partial charge in [-0.25, -0.2) is 0 Å². The van der Waals surface area contributed by atoms with Gasteiger partial charge in [-0.1, -0.05) is 6.92 Å². The zero-order valence-electron chi connectivity index (χ0n) is 13.3. The molecular weight excluding hydrogens is 256 g/mol. The highest BCUT2D eigenvalue weighted by Gasteiger charge is 2.22. The molecule has 1 rings (SSSR count). The Hall–Kier alpha value is -1.17. The first-order valence-electron chi connectivity index (χ1n) is 6.87. The van der Waals surface area contributed by atoms with Crippen LogP contribution in [0.2, 0.25) is 0 Å². The van der Waals surface area contributed by atoms with Crippen LogP contribution in [0.5, 0.6) is 5.75 Å². The molecule has 1 heterocycles. The van der Waals surface area contributed by atoms with Gasteiger partial charge < -0.3 is 19.5 Å². The van der Waals surface area contributed by atoms with Crippen molar-refractivity contribution >= 4 is 0 Å². The lowest BCUT2D eigenvalue weighted by molar-refractivity contribution is -0.122. The second-order valence-electron chi connectivity index (χ2n) is 4.75. The van der Waals surface area contributed by atoms with Crippen molar-refractivity contribution in [2.24, 2.45) is 0 Å². The number of rotatable bonds is 8. The topological polar surface area (TPSA) is 52.6 Å². The van der Waals surface area contributed by atoms with Crippen molar-refractivity contribution in [2.45, 2.75) is 39.5 Å². The second-order valence-corrected chi connectivity index (χ2v) is 4.75. The van der Waals surface area contributed by atoms with E-state index in [1.54, 1.807) is 21.3 Å². The summed E-state index contributed by atoms with van der Waals surface area (Å²) in [6.45, 7) is 6.94. The van der Waals surface area contributed by atoms with Gasteiger partial charge in [-0.15, -0.1) is 0 Å². The van der Waals surface area contributed by atoms with Crippen LogP contribution in [-0.4, -0.2) is 45.2 Å². The number of hydrogen-bond donors (Lipinski definition) is 1. The fourth-order valence-electron chi connectivity index (χ4n) is 2.44. The average Bonchev–Trinajstić information content (AvgIpc) is 2.44. The fourth-order valence-corrected chi connectivity index (χ4v) is 2.44. The second kappa shape index (κ2) is 8.19. The lowest BCUT2D eigenvalue weighted by atomic mass is 10.0. The van der Waals surface area contributed by atoms with E-state index in [1.165, 1.54) is 0 Å². The number of hydrogen-bond acceptors (Lipinski definition) is 5. The van der Waals surface area contributed by atoms with Gasteiger partial charge in [0.2, 0.25) is 0 Å². The molecule has 1 N–H and O–H groups in total. The minimum absolute atomic E-state index is 0.0496. The summed E-state index contributed by atoms with van der Waals surface area (Å²) in [6.07, 6.45) is 2.27. The number of methoxy groups -OCH3 is 3. The van der Waals surface area contributed by atoms with Crippen LogP contribution in [-0.2, 0) is 15.9 Å². The summed E-state index contributed by atoms with van der Waals surface area (Å²) in [7, 11) is 4.98. The predicted molar refractivity (Wildman–Crippen MR) is 79.2 cm³/mol. The van der Waals surface area contributed by atoms with Crippen LogP contribution < -0.4 is 10.1 Å². The SMILES string of the molecule is CCNC(Cc1ncc(C)c(OC)c1C)C(OC)OC. The molecule has 20 heavy (non-hydrogen) atoms. The van der Waals surface area contributed by atoms with E-state index < -0.39 is 0 Å². The zero-order chi connectivity index (χ0) is 15.1. The summed E-state index contributed by atoms with van der Waals surface area (Å²) in [6, 6.07) is 0.0496. The molecule has 0 bridgehead atoms. The molecule has 0 aliphatic heterocycles. The van der Waals surface area contributed by atoms with Gasteiger partial charge in [0.15, 0.2) is 6.29 Å². The zero-order valence-corrected chi connectivity index (χ0v) is 13.3. The first-order chi connectivity index (χ1) is 9.58. The molecule has 1 atom stereocenters. The maximum Gasteiger partial charge on any atom is 0.172 e. The van der Waals surface area contributed by atoms with Crippen molar-refractivity contribution in [2.75, 3.05) is 27.9 Å². The number of nitrogens with zero attached hydrogens (tertiary/aromatic N) is 1. The quantitative estimate of drug-likeness (QED) is 0.737. The van der Waals surface area contributed by atoms with Crippen LogP contribution in [0, 0.1) is 13.8 Å². The minimum atomic E-state index is -0.302. The third-order valence-electron chi connectivity index (χ3n) is 3.42. The molecule has 0 saturated heterocycles. The highest BCUT2D eigenvalue weighted by Crippen LogP contribution is 2.25. The maximum absolute atomic E-state index is 5.45. The Balaban J connectivity index is 2.99. The van der Waals surface area contributed by atoms with Crippen molar-refractivity contribution < 1.29 is 14.2 Å². The Morgan fingerprint density at radius 3 is 2.35 bits per heavy atom. The predicted octanol–water partition coefficient (Wildman–Crippen LogP) is 1.85. The van der Waals surface area contributed by atoms with E-state index in [0.717, 1.165) is 35.5 Å². The summed E-state index contributed by atoms with van der Waals surface area (Å²) in [5, 5.41) is 3.38. The van der Waals surface area contributed by atoms with Gasteiger partial charge in [0.05, 0.1) is 13.2 Å². The number of ether oxygens (including phenoxy) is 3. The van der Waals surface area contributed by atoms with Gasteiger partial charge in [0.1, 0.15) is 5.75 Å². The van der Waals surface area contributed by atoms with E-state index in [2.05, 4.69) is 17.2 Å². The summed E-state index contributed by atoms with van der Waals surface area (Å²) >= 11 is 0. The lowest BCUT2D eigenvalue weighted by Crippen LogP contribution is -2.43. The Morgan fingerprint density at radius 1 is 1.20 bits per heavy atom. The molecule has 0 aromatic carbocycles. The Bertz CT molecular complexity index is 420. The van der Waals surface area contributed by atoms with Crippen molar-refractivity contribution in [1.29, 1.82) is 0 Å². The van der Waals surface area contributed by atoms with Gasteiger partial charge in [0.25, 0.3) is 0 Å². The number of nitrogens with one attached hydrogen (secondary N) is 1. The monoisotopic (exact) mass is 282 g/mol. The number of pyridine rings is 1. The van der Waals surface area contributed by atoms with Crippen LogP contribution >= 0.6 is 0 Å². The molecule has 5 heteroatoms. The molecule has 0 aliphatic rings. The van der Waals surface area contributed by atoms with Crippen LogP contribution in [0.1, 0.15) is 23.7 Å². The largest absolute Gasteiger partial charge is 0.496 e. The number of aryl methyl sites for hydroxylation is 1. The molecule has 1 aromatic rings. The first-order valence-corrected chi connectivity index (χ1v) is 6.87. The van der Waals surface area contributed by atoms with Gasteiger partial charge in [-0.3, -0.25) is 4.98 Å². The van der Waals surface area contributed by atoms with E-state index in [-0.39, 0.29) is 12.3 Å². The number of likely N-dealkylation sites (N-methyl/N-ethyl adjacent to an activating group) is 1. The molecule has 1 unspecified atom stereocenters. The van der Waals surface area contributed by atoms with Crippen LogP contribution in [0.25, 0.3) is 0 Å². The summed E-state index contributed by atoms with van der Waals surface area (Å²) < 4.78 is 16.2. The molecule has 0 radical (unpaired) electrons. The standard InChI is InChI=1S/C15H26N2O3/c1-7-16-13(15(19-5)20-6)8-12-11(3)14(18-4)10(2)9-17-12/h9,13,15-16H,7-8H2,1-6H3. The fraction of sp³-hybridized carbons (Fsp3) is 0.667. The molecule has 0 spiro atoms. The van der Waals surface area contributed by atoms with E-state index in [0.29, 0.717) is 0 Å². The van der Waals surface area contributed by atoms with Crippen molar-refractivity contribution in [3.05, 3.63) is 23.0 Å². The first kappa shape index (κ1) is 16.9. The minimum Gasteiger partial charge on any atom is -0.496 e. The molecule has 114 valence electrons. The van der Waals surface area contributed by atoms with Crippen LogP contribution in [0.3, 0.4) is 0 Å². The lowest BCUT2D eigenvalue weighted by Gasteiger charge is -2.26. The highest BCUT2D eigenvalue weighted by atomic mass is 16.7. The molecule has 0 amide bonds. The molecule has 0 fully saturated rings. The molecular formula is C15H26N2O3. The Kier molecular flexibility index (Phi) is 6.91. The van der Waals surface area contributed by atoms with Crippen LogP contribution in [0.15, 0.2) is 6.20 Å². The van der Waals surface area contributed by atoms with Gasteiger partial charge >= 0.3 is 0 Å². The van der Waals surface area contributed by atoms with Gasteiger partial charge in [-0.05, 0) is 20.4 Å². The smallest absolute Gasteiger partial charge is 0.172 e. The third-order valence-corrected chi connectivity index (χ3v) is 3.42. The summed E-state index contributed by atoms with van der Waals surface area (Å²) in [4.78, 5) is 4.53. The van der Waals surface area contributed by atoms with E-state index in [9.17, 15) is 0 Å². The van der Waals surface area contributed by atoms with Crippen molar-refractivity contribution in [1.82, 2.24) is 10.3 Å². The molecule has 5 nitrogen and oxygen atoms in total. The van der Waals surface area contributed by atoms with Crippen molar-refractivity contribution in [3.8, 4) is 5.75 Å². The van der Waals surface area contributed by atoms with Gasteiger partial charge in [0, 0.05) is 43.7 Å². The van der Waals surface area contributed by atoms with E-state index in [1.807, 2.05) is 20.0 Å². The van der Waals surface area contributed by atoms with Crippen LogP contribution in [0.4, 0.5) is 0 Å².